The molecule has 1 heterocycles. The molecule has 4 heteroatoms. The van der Waals surface area contributed by atoms with Crippen LogP contribution in [0.5, 0.6) is 0 Å². The van der Waals surface area contributed by atoms with E-state index in [1.807, 2.05) is 13.8 Å². The van der Waals surface area contributed by atoms with Gasteiger partial charge in [0.2, 0.25) is 0 Å². The van der Waals surface area contributed by atoms with E-state index in [1.165, 1.54) is 5.57 Å². The molecule has 170 valence electrons. The highest BCUT2D eigenvalue weighted by atomic mass is 16.6. The van der Waals surface area contributed by atoms with Gasteiger partial charge in [0.15, 0.2) is 0 Å². The van der Waals surface area contributed by atoms with Crippen LogP contribution < -0.4 is 0 Å². The van der Waals surface area contributed by atoms with Gasteiger partial charge in [0, 0.05) is 12.3 Å². The number of rotatable bonds is 4. The average Bonchev–Trinajstić information content (AvgIpc) is 2.69. The summed E-state index contributed by atoms with van der Waals surface area (Å²) in [4.78, 5) is 23.2. The van der Waals surface area contributed by atoms with Crippen LogP contribution in [-0.4, -0.2) is 24.1 Å². The summed E-state index contributed by atoms with van der Waals surface area (Å²) in [5, 5.41) is 0. The summed E-state index contributed by atoms with van der Waals surface area (Å²) in [6, 6.07) is 0. The number of ether oxygens (including phenoxy) is 2. The van der Waals surface area contributed by atoms with Crippen molar-refractivity contribution < 1.29 is 19.1 Å². The van der Waals surface area contributed by atoms with E-state index in [0.717, 1.165) is 32.1 Å². The SMILES string of the molecule is CC1CCOC(=O)C1.CCC1C(C)C=CC2=C[C@H](C)CCC21OC(=O)C(C)(C)CC. The van der Waals surface area contributed by atoms with Crippen LogP contribution in [0.25, 0.3) is 0 Å². The average molecular weight is 419 g/mol. The highest BCUT2D eigenvalue weighted by Gasteiger charge is 2.50. The van der Waals surface area contributed by atoms with Gasteiger partial charge in [0.25, 0.3) is 0 Å². The fourth-order valence-corrected chi connectivity index (χ4v) is 4.68. The third-order valence-electron chi connectivity index (χ3n) is 7.28. The molecule has 4 unspecified atom stereocenters. The molecule has 0 bridgehead atoms. The second kappa shape index (κ2) is 10.2. The molecule has 4 nitrogen and oxygen atoms in total. The second-order valence-electron chi connectivity index (χ2n) is 10.2. The molecule has 5 atom stereocenters. The zero-order valence-corrected chi connectivity index (χ0v) is 20.1. The summed E-state index contributed by atoms with van der Waals surface area (Å²) in [7, 11) is 0. The maximum atomic E-state index is 12.8. The Morgan fingerprint density at radius 3 is 2.47 bits per heavy atom. The van der Waals surface area contributed by atoms with Crippen LogP contribution in [0.2, 0.25) is 0 Å². The van der Waals surface area contributed by atoms with E-state index >= 15 is 0 Å². The Balaban J connectivity index is 0.000000335. The first-order valence-corrected chi connectivity index (χ1v) is 11.8. The maximum Gasteiger partial charge on any atom is 0.312 e. The lowest BCUT2D eigenvalue weighted by atomic mass is 9.63. The van der Waals surface area contributed by atoms with Crippen LogP contribution in [0.15, 0.2) is 23.8 Å². The molecule has 30 heavy (non-hydrogen) atoms. The van der Waals surface area contributed by atoms with Crippen LogP contribution in [0.1, 0.15) is 87.0 Å². The van der Waals surface area contributed by atoms with Crippen LogP contribution in [0.4, 0.5) is 0 Å². The van der Waals surface area contributed by atoms with Crippen LogP contribution in [-0.2, 0) is 19.1 Å². The first kappa shape index (κ1) is 24.7. The van der Waals surface area contributed by atoms with E-state index in [1.54, 1.807) is 0 Å². The van der Waals surface area contributed by atoms with Crippen LogP contribution in [0.3, 0.4) is 0 Å². The standard InChI is InChI=1S/C20H32O2.C6H10O2/c1-7-17-15(4)9-10-16-13-14(3)11-12-20(16,17)22-18(21)19(5,6)8-2;1-5-2-3-8-6(7)4-5/h9-10,13-15,17H,7-8,11-12H2,1-6H3;5H,2-4H2,1H3/t14-,15?,17?,20?;/m1./s1. The molecular formula is C26H42O4. The van der Waals surface area contributed by atoms with E-state index in [-0.39, 0.29) is 11.9 Å². The molecule has 2 aliphatic carbocycles. The summed E-state index contributed by atoms with van der Waals surface area (Å²) in [5.41, 5.74) is 0.418. The summed E-state index contributed by atoms with van der Waals surface area (Å²) in [5.74, 6) is 1.86. The van der Waals surface area contributed by atoms with Gasteiger partial charge in [0.05, 0.1) is 12.0 Å². The van der Waals surface area contributed by atoms with E-state index in [4.69, 9.17) is 9.47 Å². The number of hydrogen-bond acceptors (Lipinski definition) is 4. The Labute approximate surface area is 183 Å². The molecule has 0 saturated carbocycles. The molecule has 1 fully saturated rings. The molecule has 0 aromatic rings. The molecule has 0 amide bonds. The minimum absolute atomic E-state index is 0.0382. The fraction of sp³-hybridized carbons (Fsp3) is 0.769. The summed E-state index contributed by atoms with van der Waals surface area (Å²) in [6.45, 7) is 15.4. The van der Waals surface area contributed by atoms with Gasteiger partial charge >= 0.3 is 11.9 Å². The number of carbonyl (C=O) groups excluding carboxylic acids is 2. The van der Waals surface area contributed by atoms with Gasteiger partial charge in [-0.05, 0) is 69.3 Å². The highest BCUT2D eigenvalue weighted by molar-refractivity contribution is 5.77. The number of allylic oxidation sites excluding steroid dienone is 2. The minimum atomic E-state index is -0.411. The maximum absolute atomic E-state index is 12.8. The highest BCUT2D eigenvalue weighted by Crippen LogP contribution is 2.49. The van der Waals surface area contributed by atoms with Gasteiger partial charge in [-0.3, -0.25) is 9.59 Å². The van der Waals surface area contributed by atoms with Crippen LogP contribution in [0, 0.1) is 29.1 Å². The number of esters is 2. The number of carbonyl (C=O) groups is 2. The van der Waals surface area contributed by atoms with Crippen molar-refractivity contribution in [1.29, 1.82) is 0 Å². The summed E-state index contributed by atoms with van der Waals surface area (Å²) in [6.07, 6.45) is 12.4. The Hall–Kier alpha value is -1.58. The van der Waals surface area contributed by atoms with E-state index in [9.17, 15) is 9.59 Å². The van der Waals surface area contributed by atoms with Gasteiger partial charge in [0.1, 0.15) is 5.60 Å². The lowest BCUT2D eigenvalue weighted by molar-refractivity contribution is -0.176. The van der Waals surface area contributed by atoms with Gasteiger partial charge < -0.3 is 9.47 Å². The van der Waals surface area contributed by atoms with Crippen molar-refractivity contribution in [2.45, 2.75) is 92.6 Å². The molecule has 1 saturated heterocycles. The van der Waals surface area contributed by atoms with Crippen molar-refractivity contribution in [3.8, 4) is 0 Å². The van der Waals surface area contributed by atoms with Gasteiger partial charge in [-0.1, -0.05) is 52.8 Å². The molecule has 0 spiro atoms. The predicted molar refractivity (Wildman–Crippen MR) is 121 cm³/mol. The molecule has 3 aliphatic rings. The second-order valence-corrected chi connectivity index (χ2v) is 10.2. The van der Waals surface area contributed by atoms with E-state index in [0.29, 0.717) is 36.7 Å². The first-order valence-electron chi connectivity index (χ1n) is 11.8. The predicted octanol–water partition coefficient (Wildman–Crippen LogP) is 6.25. The van der Waals surface area contributed by atoms with Crippen molar-refractivity contribution >= 4 is 11.9 Å². The molecule has 1 aliphatic heterocycles. The van der Waals surface area contributed by atoms with Gasteiger partial charge in [-0.15, -0.1) is 0 Å². The lowest BCUT2D eigenvalue weighted by Crippen LogP contribution is -2.51. The zero-order valence-electron chi connectivity index (χ0n) is 20.1. The Kier molecular flexibility index (Phi) is 8.35. The Morgan fingerprint density at radius 2 is 1.93 bits per heavy atom. The number of cyclic esters (lactones) is 1. The van der Waals surface area contributed by atoms with Crippen molar-refractivity contribution in [3.05, 3.63) is 23.8 Å². The van der Waals surface area contributed by atoms with Crippen molar-refractivity contribution in [1.82, 2.24) is 0 Å². The monoisotopic (exact) mass is 418 g/mol. The van der Waals surface area contributed by atoms with Gasteiger partial charge in [-0.2, -0.15) is 0 Å². The summed E-state index contributed by atoms with van der Waals surface area (Å²) < 4.78 is 11.0. The van der Waals surface area contributed by atoms with Crippen LogP contribution >= 0.6 is 0 Å². The zero-order chi connectivity index (χ0) is 22.5. The third kappa shape index (κ3) is 5.56. The molecule has 0 N–H and O–H groups in total. The van der Waals surface area contributed by atoms with E-state index < -0.39 is 11.0 Å². The van der Waals surface area contributed by atoms with Crippen molar-refractivity contribution in [2.75, 3.05) is 6.61 Å². The van der Waals surface area contributed by atoms with Crippen molar-refractivity contribution in [2.24, 2.45) is 29.1 Å². The quantitative estimate of drug-likeness (QED) is 0.506. The summed E-state index contributed by atoms with van der Waals surface area (Å²) >= 11 is 0. The Morgan fingerprint density at radius 1 is 1.23 bits per heavy atom. The molecule has 3 rings (SSSR count). The first-order chi connectivity index (χ1) is 14.1. The topological polar surface area (TPSA) is 52.6 Å². The Bertz CT molecular complexity index is 675. The molecule has 0 aromatic carbocycles. The van der Waals surface area contributed by atoms with Gasteiger partial charge in [-0.25, -0.2) is 0 Å². The van der Waals surface area contributed by atoms with E-state index in [2.05, 4.69) is 52.8 Å². The number of fused-ring (bicyclic) bond motifs is 1. The number of hydrogen-bond donors (Lipinski definition) is 0. The lowest BCUT2D eigenvalue weighted by Gasteiger charge is -2.49. The molecular weight excluding hydrogens is 376 g/mol. The molecule has 0 radical (unpaired) electrons. The smallest absolute Gasteiger partial charge is 0.312 e. The fourth-order valence-electron chi connectivity index (χ4n) is 4.68. The molecule has 0 aromatic heterocycles. The third-order valence-corrected chi connectivity index (χ3v) is 7.28. The normalized spacial score (nSPS) is 33.4. The minimum Gasteiger partial charge on any atom is -0.466 e. The van der Waals surface area contributed by atoms with Crippen molar-refractivity contribution in [3.63, 3.8) is 0 Å². The largest absolute Gasteiger partial charge is 0.466 e.